The van der Waals surface area contributed by atoms with E-state index in [-0.39, 0.29) is 6.61 Å². The van der Waals surface area contributed by atoms with Crippen molar-refractivity contribution in [3.8, 4) is 23.1 Å². The summed E-state index contributed by atoms with van der Waals surface area (Å²) >= 11 is 0. The van der Waals surface area contributed by atoms with Crippen LogP contribution in [0.3, 0.4) is 0 Å². The number of pyridine rings is 1. The lowest BCUT2D eigenvalue weighted by atomic mass is 10.1. The molecule has 0 spiro atoms. The smallest absolute Gasteiger partial charge is 0.263 e. The molecule has 3 N–H and O–H groups in total. The molecular weight excluding hydrogens is 472 g/mol. The predicted molar refractivity (Wildman–Crippen MR) is 140 cm³/mol. The van der Waals surface area contributed by atoms with Gasteiger partial charge in [0.05, 0.1) is 25.9 Å². The first-order chi connectivity index (χ1) is 18.1. The number of hydrogen-bond acceptors (Lipinski definition) is 9. The third-order valence-electron chi connectivity index (χ3n) is 6.62. The van der Waals surface area contributed by atoms with Gasteiger partial charge in [-0.2, -0.15) is 4.98 Å². The number of benzene rings is 1. The second-order valence-corrected chi connectivity index (χ2v) is 9.68. The van der Waals surface area contributed by atoms with E-state index in [4.69, 9.17) is 19.1 Å². The van der Waals surface area contributed by atoms with E-state index in [9.17, 15) is 5.11 Å². The predicted octanol–water partition coefficient (Wildman–Crippen LogP) is 3.51. The van der Waals surface area contributed by atoms with Crippen LogP contribution in [0.15, 0.2) is 41.1 Å². The maximum Gasteiger partial charge on any atom is 0.263 e. The van der Waals surface area contributed by atoms with Crippen LogP contribution in [0.2, 0.25) is 0 Å². The zero-order valence-electron chi connectivity index (χ0n) is 21.6. The Labute approximate surface area is 218 Å². The van der Waals surface area contributed by atoms with Crippen molar-refractivity contribution in [2.75, 3.05) is 32.9 Å². The summed E-state index contributed by atoms with van der Waals surface area (Å²) in [6.45, 7) is 4.16. The fraction of sp³-hybridized carbons (Fsp3) is 0.536. The molecule has 0 saturated heterocycles. The lowest BCUT2D eigenvalue weighted by molar-refractivity contribution is 0.0942. The molecule has 1 saturated carbocycles. The lowest BCUT2D eigenvalue weighted by Gasteiger charge is -2.12. The Bertz CT molecular complexity index is 1100. The van der Waals surface area contributed by atoms with E-state index in [1.165, 1.54) is 31.2 Å². The van der Waals surface area contributed by atoms with Crippen LogP contribution >= 0.6 is 0 Å². The number of rotatable bonds is 15. The van der Waals surface area contributed by atoms with Crippen LogP contribution in [-0.4, -0.2) is 64.4 Å². The normalized spacial score (nSPS) is 14.7. The van der Waals surface area contributed by atoms with Gasteiger partial charge in [-0.1, -0.05) is 30.1 Å². The largest absolute Gasteiger partial charge is 0.493 e. The second-order valence-electron chi connectivity index (χ2n) is 9.68. The zero-order chi connectivity index (χ0) is 25.9. The van der Waals surface area contributed by atoms with Crippen LogP contribution in [0.5, 0.6) is 11.6 Å². The average molecular weight is 511 g/mol. The van der Waals surface area contributed by atoms with Gasteiger partial charge in [0.1, 0.15) is 11.3 Å². The molecule has 1 aliphatic carbocycles. The Morgan fingerprint density at radius 2 is 2.03 bits per heavy atom. The first-order valence-electron chi connectivity index (χ1n) is 13.2. The van der Waals surface area contributed by atoms with Crippen molar-refractivity contribution >= 4 is 0 Å². The Morgan fingerprint density at radius 1 is 1.16 bits per heavy atom. The van der Waals surface area contributed by atoms with Crippen molar-refractivity contribution in [2.45, 2.75) is 58.0 Å². The van der Waals surface area contributed by atoms with E-state index in [0.29, 0.717) is 56.2 Å². The monoisotopic (exact) mass is 510 g/mol. The molecule has 0 bridgehead atoms. The number of nitrogens with one attached hydrogen (secondary N) is 1. The number of nitrogens with zero attached hydrogens (tertiary/aromatic N) is 3. The number of aryl methyl sites for hydroxylation is 3. The molecule has 9 heteroatoms. The van der Waals surface area contributed by atoms with E-state index in [2.05, 4.69) is 32.6 Å². The molecule has 1 aromatic carbocycles. The molecule has 200 valence electrons. The van der Waals surface area contributed by atoms with Crippen LogP contribution in [0.1, 0.15) is 49.1 Å². The Hall–Kier alpha value is -3.01. The third kappa shape index (κ3) is 8.24. The average Bonchev–Trinajstić information content (AvgIpc) is 3.61. The first kappa shape index (κ1) is 27.0. The molecule has 9 nitrogen and oxygen atoms in total. The summed E-state index contributed by atoms with van der Waals surface area (Å²) < 4.78 is 17.5. The topological polar surface area (TPSA) is 123 Å². The van der Waals surface area contributed by atoms with Gasteiger partial charge in [0.15, 0.2) is 5.82 Å². The van der Waals surface area contributed by atoms with Gasteiger partial charge >= 0.3 is 0 Å². The number of aliphatic hydroxyl groups is 2. The highest BCUT2D eigenvalue weighted by Crippen LogP contribution is 2.30. The lowest BCUT2D eigenvalue weighted by Crippen LogP contribution is -2.30. The van der Waals surface area contributed by atoms with Crippen molar-refractivity contribution in [3.63, 3.8) is 0 Å². The Kier molecular flexibility index (Phi) is 10.3. The fourth-order valence-corrected chi connectivity index (χ4v) is 4.50. The zero-order valence-corrected chi connectivity index (χ0v) is 21.6. The molecular formula is C28H38N4O5. The van der Waals surface area contributed by atoms with E-state index in [1.807, 2.05) is 25.1 Å². The van der Waals surface area contributed by atoms with Gasteiger partial charge in [-0.15, -0.1) is 0 Å². The van der Waals surface area contributed by atoms with Crippen molar-refractivity contribution in [1.29, 1.82) is 0 Å². The summed E-state index contributed by atoms with van der Waals surface area (Å²) in [5.41, 5.74) is 2.99. The highest BCUT2D eigenvalue weighted by molar-refractivity contribution is 5.59. The minimum absolute atomic E-state index is 0.232. The van der Waals surface area contributed by atoms with E-state index < -0.39 is 6.10 Å². The van der Waals surface area contributed by atoms with Gasteiger partial charge in [-0.05, 0) is 74.4 Å². The van der Waals surface area contributed by atoms with Crippen molar-refractivity contribution in [1.82, 2.24) is 20.4 Å². The molecule has 0 radical (unpaired) electrons. The second kappa shape index (κ2) is 14.1. The van der Waals surface area contributed by atoms with Crippen molar-refractivity contribution in [3.05, 3.63) is 53.5 Å². The molecule has 1 aliphatic rings. The molecule has 4 rings (SSSR count). The summed E-state index contributed by atoms with van der Waals surface area (Å²) in [6, 6.07) is 9.95. The van der Waals surface area contributed by atoms with Crippen molar-refractivity contribution in [2.24, 2.45) is 5.92 Å². The molecule has 0 amide bonds. The summed E-state index contributed by atoms with van der Waals surface area (Å²) in [5.74, 6) is 3.10. The van der Waals surface area contributed by atoms with Gasteiger partial charge in [-0.3, -0.25) is 0 Å². The van der Waals surface area contributed by atoms with Gasteiger partial charge in [0.2, 0.25) is 5.88 Å². The van der Waals surface area contributed by atoms with Crippen LogP contribution in [0, 0.1) is 12.8 Å². The fourth-order valence-electron chi connectivity index (χ4n) is 4.50. The highest BCUT2D eigenvalue weighted by Gasteiger charge is 2.19. The molecule has 3 aromatic rings. The van der Waals surface area contributed by atoms with E-state index in [1.54, 1.807) is 6.20 Å². The number of hydrogen-bond donors (Lipinski definition) is 3. The van der Waals surface area contributed by atoms with Crippen LogP contribution in [-0.2, 0) is 12.8 Å². The standard InChI is InChI=1S/C28H38N4O5/c1-20-16-21(9-11-25(20)35-15-5-13-29-17-23(34)18-33)10-12-26-31-28(37-32-26)24-8-4-14-30-27(24)36-19-22-6-2-3-7-22/h4,8-9,11,14,16,22-23,29,33-34H,2-3,5-7,10,12-13,15,17-19H2,1H3. The quantitative estimate of drug-likeness (QED) is 0.264. The molecule has 1 atom stereocenters. The number of aliphatic hydroxyl groups excluding tert-OH is 2. The maximum absolute atomic E-state index is 9.33. The van der Waals surface area contributed by atoms with E-state index in [0.717, 1.165) is 29.7 Å². The molecule has 2 aromatic heterocycles. The Morgan fingerprint density at radius 3 is 2.84 bits per heavy atom. The summed E-state index contributed by atoms with van der Waals surface area (Å²) in [6.07, 6.45) is 8.25. The Balaban J connectivity index is 1.24. The van der Waals surface area contributed by atoms with Gasteiger partial charge in [0.25, 0.3) is 5.89 Å². The third-order valence-corrected chi connectivity index (χ3v) is 6.62. The maximum atomic E-state index is 9.33. The summed E-state index contributed by atoms with van der Waals surface area (Å²) in [7, 11) is 0. The van der Waals surface area contributed by atoms with Crippen LogP contribution in [0.4, 0.5) is 0 Å². The summed E-state index contributed by atoms with van der Waals surface area (Å²) in [4.78, 5) is 9.00. The van der Waals surface area contributed by atoms with Gasteiger partial charge in [0, 0.05) is 19.2 Å². The summed E-state index contributed by atoms with van der Waals surface area (Å²) in [5, 5.41) is 25.4. The molecule has 0 aliphatic heterocycles. The molecule has 1 unspecified atom stereocenters. The number of ether oxygens (including phenoxy) is 2. The van der Waals surface area contributed by atoms with Crippen molar-refractivity contribution < 1.29 is 24.2 Å². The van der Waals surface area contributed by atoms with Crippen LogP contribution in [0.25, 0.3) is 11.5 Å². The van der Waals surface area contributed by atoms with Gasteiger partial charge < -0.3 is 29.5 Å². The molecule has 2 heterocycles. The van der Waals surface area contributed by atoms with E-state index >= 15 is 0 Å². The first-order valence-corrected chi connectivity index (χ1v) is 13.2. The minimum atomic E-state index is -0.720. The highest BCUT2D eigenvalue weighted by atomic mass is 16.5. The number of aromatic nitrogens is 3. The van der Waals surface area contributed by atoms with Crippen LogP contribution < -0.4 is 14.8 Å². The molecule has 1 fully saturated rings. The SMILES string of the molecule is Cc1cc(CCc2noc(-c3cccnc3OCC3CCCC3)n2)ccc1OCCCNCC(O)CO. The van der Waals surface area contributed by atoms with Gasteiger partial charge in [-0.25, -0.2) is 4.98 Å². The minimum Gasteiger partial charge on any atom is -0.493 e. The molecule has 37 heavy (non-hydrogen) atoms.